The topological polar surface area (TPSA) is 35.9 Å². The van der Waals surface area contributed by atoms with Gasteiger partial charge in [0.05, 0.1) is 32.3 Å². The SMILES string of the molecule is c1ccc(-c2cc3nc(-n4c5ccccc5c5c(-c6ccc7c8ccccc8n(-c8ccccc8)c7c6)cccc54)sc3c3c2oc2ccccc23)cc1. The lowest BCUT2D eigenvalue weighted by atomic mass is 9.98. The van der Waals surface area contributed by atoms with Crippen LogP contribution < -0.4 is 0 Å². The Kier molecular flexibility index (Phi) is 6.18. The van der Waals surface area contributed by atoms with Crippen molar-refractivity contribution in [3.8, 4) is 33.1 Å². The quantitative estimate of drug-likeness (QED) is 0.183. The average Bonchev–Trinajstić information content (AvgIpc) is 4.00. The molecule has 252 valence electrons. The van der Waals surface area contributed by atoms with Crippen LogP contribution >= 0.6 is 11.3 Å². The Hall–Kier alpha value is -6.95. The third-order valence-corrected chi connectivity index (χ3v) is 12.0. The molecule has 8 aromatic carbocycles. The molecule has 0 amide bonds. The van der Waals surface area contributed by atoms with Gasteiger partial charge in [-0.05, 0) is 65.2 Å². The molecule has 12 rings (SSSR count). The van der Waals surface area contributed by atoms with E-state index in [1.807, 2.05) is 6.07 Å². The number of rotatable bonds is 4. The van der Waals surface area contributed by atoms with Crippen LogP contribution in [0.3, 0.4) is 0 Å². The number of aromatic nitrogens is 3. The number of nitrogens with zero attached hydrogens (tertiary/aromatic N) is 3. The van der Waals surface area contributed by atoms with Crippen LogP contribution in [-0.2, 0) is 0 Å². The molecule has 4 nitrogen and oxygen atoms in total. The lowest BCUT2D eigenvalue weighted by Crippen LogP contribution is -1.93. The Bertz CT molecular complexity index is 3440. The van der Waals surface area contributed by atoms with E-state index in [2.05, 4.69) is 179 Å². The summed E-state index contributed by atoms with van der Waals surface area (Å²) in [5, 5.41) is 8.09. The van der Waals surface area contributed by atoms with Crippen molar-refractivity contribution in [2.75, 3.05) is 0 Å². The van der Waals surface area contributed by atoms with Crippen molar-refractivity contribution in [1.29, 1.82) is 0 Å². The first-order chi connectivity index (χ1) is 26.8. The van der Waals surface area contributed by atoms with Gasteiger partial charge < -0.3 is 8.98 Å². The second-order valence-corrected chi connectivity index (χ2v) is 14.9. The van der Waals surface area contributed by atoms with Crippen LogP contribution in [0.15, 0.2) is 180 Å². The van der Waals surface area contributed by atoms with Crippen LogP contribution in [0.25, 0.3) is 109 Å². The van der Waals surface area contributed by atoms with Crippen LogP contribution in [0.2, 0.25) is 0 Å². The molecule has 5 heteroatoms. The molecule has 0 aliphatic rings. The highest BCUT2D eigenvalue weighted by atomic mass is 32.1. The van der Waals surface area contributed by atoms with Crippen molar-refractivity contribution in [1.82, 2.24) is 14.1 Å². The monoisotopic (exact) mass is 707 g/mol. The van der Waals surface area contributed by atoms with Gasteiger partial charge in [0.2, 0.25) is 0 Å². The third kappa shape index (κ3) is 4.15. The van der Waals surface area contributed by atoms with E-state index in [0.717, 1.165) is 65.1 Å². The third-order valence-electron chi connectivity index (χ3n) is 11.0. The Balaban J connectivity index is 1.12. The molecule has 0 saturated heterocycles. The maximum absolute atomic E-state index is 6.61. The van der Waals surface area contributed by atoms with Crippen molar-refractivity contribution < 1.29 is 4.42 Å². The van der Waals surface area contributed by atoms with Crippen molar-refractivity contribution >= 4 is 87.1 Å². The van der Waals surface area contributed by atoms with Crippen LogP contribution in [0.4, 0.5) is 0 Å². The van der Waals surface area contributed by atoms with Crippen LogP contribution in [0, 0.1) is 0 Å². The van der Waals surface area contributed by atoms with Crippen molar-refractivity contribution in [3.05, 3.63) is 176 Å². The summed E-state index contributed by atoms with van der Waals surface area (Å²) >= 11 is 1.73. The zero-order chi connectivity index (χ0) is 35.3. The van der Waals surface area contributed by atoms with Crippen molar-refractivity contribution in [3.63, 3.8) is 0 Å². The number of para-hydroxylation sites is 4. The van der Waals surface area contributed by atoms with Gasteiger partial charge in [0.25, 0.3) is 0 Å². The van der Waals surface area contributed by atoms with Crippen molar-refractivity contribution in [2.24, 2.45) is 0 Å². The minimum atomic E-state index is 0.886. The average molecular weight is 708 g/mol. The Morgan fingerprint density at radius 1 is 0.444 bits per heavy atom. The highest BCUT2D eigenvalue weighted by Gasteiger charge is 2.23. The number of fused-ring (bicyclic) bond motifs is 11. The fourth-order valence-corrected chi connectivity index (χ4v) is 9.78. The zero-order valence-electron chi connectivity index (χ0n) is 28.9. The molecular formula is C49H29N3OS. The molecule has 12 aromatic rings. The van der Waals surface area contributed by atoms with E-state index >= 15 is 0 Å². The van der Waals surface area contributed by atoms with Gasteiger partial charge in [-0.15, -0.1) is 0 Å². The predicted molar refractivity (Wildman–Crippen MR) is 226 cm³/mol. The zero-order valence-corrected chi connectivity index (χ0v) is 29.7. The number of hydrogen-bond donors (Lipinski definition) is 0. The Labute approximate surface area is 313 Å². The summed E-state index contributed by atoms with van der Waals surface area (Å²) in [4.78, 5) is 5.43. The van der Waals surface area contributed by atoms with E-state index < -0.39 is 0 Å². The maximum Gasteiger partial charge on any atom is 0.195 e. The molecule has 0 aliphatic heterocycles. The Morgan fingerprint density at radius 2 is 1.11 bits per heavy atom. The van der Waals surface area contributed by atoms with Gasteiger partial charge in [-0.2, -0.15) is 0 Å². The van der Waals surface area contributed by atoms with Crippen LogP contribution in [0.1, 0.15) is 0 Å². The molecule has 4 aromatic heterocycles. The first-order valence-corrected chi connectivity index (χ1v) is 19.0. The summed E-state index contributed by atoms with van der Waals surface area (Å²) in [7, 11) is 0. The van der Waals surface area contributed by atoms with E-state index in [1.54, 1.807) is 11.3 Å². The fourth-order valence-electron chi connectivity index (χ4n) is 8.65. The van der Waals surface area contributed by atoms with Crippen LogP contribution in [-0.4, -0.2) is 14.1 Å². The summed E-state index contributed by atoms with van der Waals surface area (Å²) in [5.41, 5.74) is 13.1. The molecular weight excluding hydrogens is 679 g/mol. The minimum absolute atomic E-state index is 0.886. The van der Waals surface area contributed by atoms with Gasteiger partial charge in [-0.1, -0.05) is 139 Å². The number of hydrogen-bond acceptors (Lipinski definition) is 3. The van der Waals surface area contributed by atoms with Gasteiger partial charge >= 0.3 is 0 Å². The van der Waals surface area contributed by atoms with E-state index in [9.17, 15) is 0 Å². The normalized spacial score (nSPS) is 12.1. The summed E-state index contributed by atoms with van der Waals surface area (Å²) < 4.78 is 12.5. The van der Waals surface area contributed by atoms with E-state index in [1.165, 1.54) is 43.7 Å². The highest BCUT2D eigenvalue weighted by Crippen LogP contribution is 2.46. The summed E-state index contributed by atoms with van der Waals surface area (Å²) in [6, 6.07) is 62.8. The summed E-state index contributed by atoms with van der Waals surface area (Å²) in [5.74, 6) is 0. The van der Waals surface area contributed by atoms with E-state index in [-0.39, 0.29) is 0 Å². The van der Waals surface area contributed by atoms with Gasteiger partial charge in [0.1, 0.15) is 11.2 Å². The summed E-state index contributed by atoms with van der Waals surface area (Å²) in [6.07, 6.45) is 0. The van der Waals surface area contributed by atoms with Crippen molar-refractivity contribution in [2.45, 2.75) is 0 Å². The number of furan rings is 1. The van der Waals surface area contributed by atoms with Crippen LogP contribution in [0.5, 0.6) is 0 Å². The minimum Gasteiger partial charge on any atom is -0.455 e. The molecule has 0 N–H and O–H groups in total. The second kappa shape index (κ2) is 11.3. The highest BCUT2D eigenvalue weighted by molar-refractivity contribution is 7.22. The molecule has 0 saturated carbocycles. The molecule has 0 aliphatic carbocycles. The first-order valence-electron chi connectivity index (χ1n) is 18.2. The summed E-state index contributed by atoms with van der Waals surface area (Å²) in [6.45, 7) is 0. The second-order valence-electron chi connectivity index (χ2n) is 13.9. The predicted octanol–water partition coefficient (Wildman–Crippen LogP) is 13.7. The lowest BCUT2D eigenvalue weighted by Gasteiger charge is -2.10. The van der Waals surface area contributed by atoms with Gasteiger partial charge in [-0.25, -0.2) is 4.98 Å². The first kappa shape index (κ1) is 29.6. The number of benzene rings is 8. The van der Waals surface area contributed by atoms with E-state index in [0.29, 0.717) is 0 Å². The molecule has 4 heterocycles. The molecule has 0 bridgehead atoms. The van der Waals surface area contributed by atoms with Gasteiger partial charge in [-0.3, -0.25) is 4.57 Å². The molecule has 0 radical (unpaired) electrons. The molecule has 54 heavy (non-hydrogen) atoms. The Morgan fingerprint density at radius 3 is 1.94 bits per heavy atom. The smallest absolute Gasteiger partial charge is 0.195 e. The van der Waals surface area contributed by atoms with E-state index in [4.69, 9.17) is 9.40 Å². The molecule has 0 fully saturated rings. The number of thiazole rings is 1. The molecule has 0 atom stereocenters. The standard InChI is InChI=1S/C49H29N3OS/c1-3-14-30(15-4-1)38-29-39-48(46-37-20-9-12-25-44(37)53-47(38)46)54-49(50-39)52-41-23-11-8-19-36(41)45-33(21-13-24-42(45)52)31-26-27-35-34-18-7-10-22-40(34)51(43(35)28-31)32-16-5-2-6-17-32/h1-29H. The van der Waals surface area contributed by atoms with Gasteiger partial charge in [0, 0.05) is 43.6 Å². The fraction of sp³-hybridized carbons (Fsp3) is 0. The maximum atomic E-state index is 6.61. The largest absolute Gasteiger partial charge is 0.455 e. The molecule has 0 unspecified atom stereocenters. The van der Waals surface area contributed by atoms with Gasteiger partial charge in [0.15, 0.2) is 5.13 Å². The molecule has 0 spiro atoms. The lowest BCUT2D eigenvalue weighted by molar-refractivity contribution is 0.670.